The summed E-state index contributed by atoms with van der Waals surface area (Å²) in [6.45, 7) is 0.529. The third-order valence-corrected chi connectivity index (χ3v) is 3.09. The molecule has 20 heavy (non-hydrogen) atoms. The molecule has 0 bridgehead atoms. The SMILES string of the molecule is O=C(c1ccccc1)N(CCCF)Cc1ccccc1. The Kier molecular flexibility index (Phi) is 5.30. The number of benzene rings is 2. The molecule has 0 fully saturated rings. The number of carbonyl (C=O) groups is 1. The van der Waals surface area contributed by atoms with E-state index in [9.17, 15) is 9.18 Å². The summed E-state index contributed by atoms with van der Waals surface area (Å²) in [7, 11) is 0. The first-order chi connectivity index (χ1) is 9.81. The fourth-order valence-corrected chi connectivity index (χ4v) is 2.07. The zero-order chi connectivity index (χ0) is 14.2. The van der Waals surface area contributed by atoms with Crippen molar-refractivity contribution in [3.05, 3.63) is 71.8 Å². The van der Waals surface area contributed by atoms with E-state index in [0.29, 0.717) is 25.1 Å². The molecule has 0 aliphatic carbocycles. The van der Waals surface area contributed by atoms with Gasteiger partial charge in [0.25, 0.3) is 5.91 Å². The largest absolute Gasteiger partial charge is 0.334 e. The first-order valence-corrected chi connectivity index (χ1v) is 6.75. The average Bonchev–Trinajstić information content (AvgIpc) is 2.52. The van der Waals surface area contributed by atoms with Crippen LogP contribution < -0.4 is 0 Å². The topological polar surface area (TPSA) is 20.3 Å². The van der Waals surface area contributed by atoms with Crippen molar-refractivity contribution in [2.45, 2.75) is 13.0 Å². The summed E-state index contributed by atoms with van der Waals surface area (Å²) < 4.78 is 12.4. The molecular weight excluding hydrogens is 253 g/mol. The maximum Gasteiger partial charge on any atom is 0.254 e. The van der Waals surface area contributed by atoms with Crippen LogP contribution in [0.1, 0.15) is 22.3 Å². The summed E-state index contributed by atoms with van der Waals surface area (Å²) in [6.07, 6.45) is 0.366. The molecule has 3 heteroatoms. The van der Waals surface area contributed by atoms with Gasteiger partial charge in [-0.15, -0.1) is 0 Å². The van der Waals surface area contributed by atoms with Crippen LogP contribution in [0, 0.1) is 0 Å². The van der Waals surface area contributed by atoms with Crippen LogP contribution in [-0.4, -0.2) is 24.0 Å². The lowest BCUT2D eigenvalue weighted by Gasteiger charge is -2.22. The Balaban J connectivity index is 2.13. The number of hydrogen-bond acceptors (Lipinski definition) is 1. The third kappa shape index (κ3) is 3.92. The molecule has 2 aromatic rings. The zero-order valence-electron chi connectivity index (χ0n) is 11.3. The van der Waals surface area contributed by atoms with Crippen LogP contribution in [0.5, 0.6) is 0 Å². The second-order valence-corrected chi connectivity index (χ2v) is 4.62. The zero-order valence-corrected chi connectivity index (χ0v) is 11.3. The number of carbonyl (C=O) groups excluding carboxylic acids is 1. The Hall–Kier alpha value is -2.16. The fraction of sp³-hybridized carbons (Fsp3) is 0.235. The summed E-state index contributed by atoms with van der Waals surface area (Å²) in [5.41, 5.74) is 1.69. The maximum atomic E-state index is 12.5. The maximum absolute atomic E-state index is 12.5. The minimum Gasteiger partial charge on any atom is -0.334 e. The lowest BCUT2D eigenvalue weighted by Crippen LogP contribution is -2.31. The number of amides is 1. The number of rotatable bonds is 6. The van der Waals surface area contributed by atoms with Gasteiger partial charge in [-0.1, -0.05) is 48.5 Å². The minimum absolute atomic E-state index is 0.0529. The molecule has 0 aromatic heterocycles. The smallest absolute Gasteiger partial charge is 0.254 e. The highest BCUT2D eigenvalue weighted by atomic mass is 19.1. The molecule has 0 atom stereocenters. The standard InChI is InChI=1S/C17H18FNO/c18-12-7-13-19(14-15-8-3-1-4-9-15)17(20)16-10-5-2-6-11-16/h1-6,8-11H,7,12-14H2. The third-order valence-electron chi connectivity index (χ3n) is 3.09. The van der Waals surface area contributed by atoms with Gasteiger partial charge in [0.2, 0.25) is 0 Å². The fourth-order valence-electron chi connectivity index (χ4n) is 2.07. The molecule has 0 N–H and O–H groups in total. The number of alkyl halides is 1. The van der Waals surface area contributed by atoms with Gasteiger partial charge in [0.15, 0.2) is 0 Å². The number of hydrogen-bond donors (Lipinski definition) is 0. The van der Waals surface area contributed by atoms with Gasteiger partial charge in [0, 0.05) is 18.7 Å². The first-order valence-electron chi connectivity index (χ1n) is 6.75. The van der Waals surface area contributed by atoms with Gasteiger partial charge in [-0.3, -0.25) is 9.18 Å². The predicted octanol–water partition coefficient (Wildman–Crippen LogP) is 3.69. The second-order valence-electron chi connectivity index (χ2n) is 4.62. The van der Waals surface area contributed by atoms with E-state index < -0.39 is 6.67 Å². The van der Waals surface area contributed by atoms with Gasteiger partial charge in [0.1, 0.15) is 0 Å². The molecular formula is C17H18FNO. The summed E-state index contributed by atoms with van der Waals surface area (Å²) in [4.78, 5) is 14.2. The highest BCUT2D eigenvalue weighted by Crippen LogP contribution is 2.10. The average molecular weight is 271 g/mol. The van der Waals surface area contributed by atoms with Crippen LogP contribution >= 0.6 is 0 Å². The van der Waals surface area contributed by atoms with Crippen molar-refractivity contribution in [2.75, 3.05) is 13.2 Å². The van der Waals surface area contributed by atoms with Gasteiger partial charge in [-0.05, 0) is 24.1 Å². The number of halogens is 1. The predicted molar refractivity (Wildman–Crippen MR) is 78.2 cm³/mol. The van der Waals surface area contributed by atoms with E-state index in [4.69, 9.17) is 0 Å². The molecule has 104 valence electrons. The first kappa shape index (κ1) is 14.3. The molecule has 0 radical (unpaired) electrons. The molecule has 1 amide bonds. The van der Waals surface area contributed by atoms with E-state index in [-0.39, 0.29) is 5.91 Å². The summed E-state index contributed by atoms with van der Waals surface area (Å²) in [5, 5.41) is 0. The summed E-state index contributed by atoms with van der Waals surface area (Å²) in [5.74, 6) is -0.0529. The van der Waals surface area contributed by atoms with Crippen LogP contribution in [0.15, 0.2) is 60.7 Å². The quantitative estimate of drug-likeness (QED) is 0.784. The Morgan fingerprint density at radius 1 is 0.950 bits per heavy atom. The number of nitrogens with zero attached hydrogens (tertiary/aromatic N) is 1. The van der Waals surface area contributed by atoms with Gasteiger partial charge in [-0.25, -0.2) is 0 Å². The van der Waals surface area contributed by atoms with Crippen LogP contribution in [0.3, 0.4) is 0 Å². The van der Waals surface area contributed by atoms with Crippen molar-refractivity contribution in [2.24, 2.45) is 0 Å². The van der Waals surface area contributed by atoms with Crippen LogP contribution in [-0.2, 0) is 6.54 Å². The lowest BCUT2D eigenvalue weighted by molar-refractivity contribution is 0.0738. The molecule has 0 aliphatic heterocycles. The van der Waals surface area contributed by atoms with Crippen molar-refractivity contribution >= 4 is 5.91 Å². The second kappa shape index (κ2) is 7.43. The molecule has 2 nitrogen and oxygen atoms in total. The summed E-state index contributed by atoms with van der Waals surface area (Å²) in [6, 6.07) is 18.9. The molecule has 0 heterocycles. The Morgan fingerprint density at radius 3 is 2.15 bits per heavy atom. The molecule has 0 saturated carbocycles. The van der Waals surface area contributed by atoms with E-state index in [1.165, 1.54) is 0 Å². The monoisotopic (exact) mass is 271 g/mol. The van der Waals surface area contributed by atoms with Crippen molar-refractivity contribution in [1.82, 2.24) is 4.90 Å². The highest BCUT2D eigenvalue weighted by Gasteiger charge is 2.15. The van der Waals surface area contributed by atoms with Gasteiger partial charge in [-0.2, -0.15) is 0 Å². The highest BCUT2D eigenvalue weighted by molar-refractivity contribution is 5.94. The normalized spacial score (nSPS) is 10.2. The van der Waals surface area contributed by atoms with Gasteiger partial charge < -0.3 is 4.90 Å². The van der Waals surface area contributed by atoms with E-state index in [1.807, 2.05) is 48.5 Å². The van der Waals surface area contributed by atoms with E-state index in [0.717, 1.165) is 5.56 Å². The van der Waals surface area contributed by atoms with Crippen LogP contribution in [0.25, 0.3) is 0 Å². The Morgan fingerprint density at radius 2 is 1.55 bits per heavy atom. The summed E-state index contributed by atoms with van der Waals surface area (Å²) >= 11 is 0. The molecule has 0 spiro atoms. The molecule has 2 aromatic carbocycles. The van der Waals surface area contributed by atoms with Crippen LogP contribution in [0.4, 0.5) is 4.39 Å². The Labute approximate surface area is 118 Å². The minimum atomic E-state index is -0.409. The van der Waals surface area contributed by atoms with Gasteiger partial charge >= 0.3 is 0 Å². The van der Waals surface area contributed by atoms with E-state index in [2.05, 4.69) is 0 Å². The van der Waals surface area contributed by atoms with Crippen molar-refractivity contribution in [3.8, 4) is 0 Å². The molecule has 0 aliphatic rings. The van der Waals surface area contributed by atoms with Crippen molar-refractivity contribution in [1.29, 1.82) is 0 Å². The van der Waals surface area contributed by atoms with Crippen molar-refractivity contribution < 1.29 is 9.18 Å². The molecule has 0 saturated heterocycles. The molecule has 0 unspecified atom stereocenters. The van der Waals surface area contributed by atoms with Crippen molar-refractivity contribution in [3.63, 3.8) is 0 Å². The van der Waals surface area contributed by atoms with Crippen LogP contribution in [0.2, 0.25) is 0 Å². The van der Waals surface area contributed by atoms with E-state index in [1.54, 1.807) is 17.0 Å². The lowest BCUT2D eigenvalue weighted by atomic mass is 10.1. The molecule has 2 rings (SSSR count). The Bertz CT molecular complexity index is 527. The van der Waals surface area contributed by atoms with Gasteiger partial charge in [0.05, 0.1) is 6.67 Å². The van der Waals surface area contributed by atoms with E-state index >= 15 is 0 Å².